The van der Waals surface area contributed by atoms with Crippen molar-refractivity contribution in [3.63, 3.8) is 0 Å². The Morgan fingerprint density at radius 2 is 1.75 bits per heavy atom. The van der Waals surface area contributed by atoms with Crippen LogP contribution in [0.3, 0.4) is 0 Å². The highest BCUT2D eigenvalue weighted by Crippen LogP contribution is 2.35. The second-order valence-electron chi connectivity index (χ2n) is 5.42. The molecular formula is C13H29N3. The molecule has 1 unspecified atom stereocenters. The van der Waals surface area contributed by atoms with Gasteiger partial charge in [0.25, 0.3) is 0 Å². The highest BCUT2D eigenvalue weighted by atomic mass is 15.3. The molecule has 0 saturated heterocycles. The molecule has 0 amide bonds. The molecule has 0 spiro atoms. The van der Waals surface area contributed by atoms with Crippen LogP contribution in [0.4, 0.5) is 0 Å². The molecule has 0 heterocycles. The predicted molar refractivity (Wildman–Crippen MR) is 70.1 cm³/mol. The Bertz CT molecular complexity index is 184. The van der Waals surface area contributed by atoms with Crippen LogP contribution in [-0.2, 0) is 0 Å². The first-order valence-electron chi connectivity index (χ1n) is 6.81. The van der Waals surface area contributed by atoms with Crippen LogP contribution in [-0.4, -0.2) is 30.6 Å². The number of nitrogens with two attached hydrogens (primary N) is 1. The minimum atomic E-state index is 0.279. The van der Waals surface area contributed by atoms with Gasteiger partial charge in [-0.3, -0.25) is 11.3 Å². The molecule has 0 aromatic heterocycles. The molecule has 96 valence electrons. The topological polar surface area (TPSA) is 41.3 Å². The molecule has 0 aliphatic heterocycles. The third kappa shape index (κ3) is 2.96. The van der Waals surface area contributed by atoms with Crippen LogP contribution in [0.2, 0.25) is 0 Å². The Kier molecular flexibility index (Phi) is 5.73. The van der Waals surface area contributed by atoms with Crippen LogP contribution in [0.15, 0.2) is 0 Å². The number of hydrogen-bond acceptors (Lipinski definition) is 3. The second kappa shape index (κ2) is 6.58. The van der Waals surface area contributed by atoms with E-state index >= 15 is 0 Å². The number of likely N-dealkylation sites (N-methyl/N-ethyl adjacent to an activating group) is 1. The van der Waals surface area contributed by atoms with E-state index in [9.17, 15) is 0 Å². The van der Waals surface area contributed by atoms with Crippen molar-refractivity contribution < 1.29 is 0 Å². The molecule has 1 aliphatic carbocycles. The van der Waals surface area contributed by atoms with E-state index in [1.165, 1.54) is 51.4 Å². The zero-order valence-corrected chi connectivity index (χ0v) is 11.3. The number of nitrogens with zero attached hydrogens (tertiary/aromatic N) is 1. The molecule has 0 aromatic carbocycles. The Hall–Kier alpha value is -0.120. The van der Waals surface area contributed by atoms with E-state index in [-0.39, 0.29) is 5.54 Å². The van der Waals surface area contributed by atoms with E-state index in [4.69, 9.17) is 5.84 Å². The molecule has 1 saturated carbocycles. The molecule has 0 bridgehead atoms. The van der Waals surface area contributed by atoms with Crippen LogP contribution >= 0.6 is 0 Å². The van der Waals surface area contributed by atoms with Gasteiger partial charge in [-0.25, -0.2) is 0 Å². The summed E-state index contributed by atoms with van der Waals surface area (Å²) in [6.45, 7) is 2.24. The lowest BCUT2D eigenvalue weighted by Gasteiger charge is -2.45. The number of nitrogens with one attached hydrogen (secondary N) is 1. The van der Waals surface area contributed by atoms with E-state index in [2.05, 4.69) is 31.3 Å². The van der Waals surface area contributed by atoms with Gasteiger partial charge in [-0.05, 0) is 33.4 Å². The number of hydrogen-bond donors (Lipinski definition) is 2. The van der Waals surface area contributed by atoms with E-state index in [0.717, 1.165) is 0 Å². The largest absolute Gasteiger partial charge is 0.302 e. The van der Waals surface area contributed by atoms with Crippen molar-refractivity contribution in [3.8, 4) is 0 Å². The van der Waals surface area contributed by atoms with E-state index in [0.29, 0.717) is 6.04 Å². The Balaban J connectivity index is 2.82. The van der Waals surface area contributed by atoms with Crippen molar-refractivity contribution in [3.05, 3.63) is 0 Å². The van der Waals surface area contributed by atoms with Crippen molar-refractivity contribution >= 4 is 0 Å². The molecule has 0 radical (unpaired) electrons. The van der Waals surface area contributed by atoms with Crippen molar-refractivity contribution in [2.24, 2.45) is 5.84 Å². The molecule has 3 N–H and O–H groups in total. The normalized spacial score (nSPS) is 23.1. The fourth-order valence-corrected chi connectivity index (χ4v) is 3.24. The molecular weight excluding hydrogens is 198 g/mol. The molecule has 3 heteroatoms. The molecule has 16 heavy (non-hydrogen) atoms. The van der Waals surface area contributed by atoms with Crippen molar-refractivity contribution in [1.29, 1.82) is 0 Å². The van der Waals surface area contributed by atoms with Gasteiger partial charge in [0.05, 0.1) is 0 Å². The van der Waals surface area contributed by atoms with Gasteiger partial charge in [-0.15, -0.1) is 0 Å². The van der Waals surface area contributed by atoms with Gasteiger partial charge >= 0.3 is 0 Å². The second-order valence-corrected chi connectivity index (χ2v) is 5.42. The minimum absolute atomic E-state index is 0.279. The SMILES string of the molecule is CCCC(NN)C1(N(C)C)CCCCCC1. The smallest absolute Gasteiger partial charge is 0.0394 e. The first kappa shape index (κ1) is 13.9. The van der Waals surface area contributed by atoms with Crippen LogP contribution in [0.1, 0.15) is 58.3 Å². The summed E-state index contributed by atoms with van der Waals surface area (Å²) >= 11 is 0. The van der Waals surface area contributed by atoms with Crippen LogP contribution in [0.25, 0.3) is 0 Å². The Labute approximate surface area is 101 Å². The van der Waals surface area contributed by atoms with Crippen molar-refractivity contribution in [1.82, 2.24) is 10.3 Å². The zero-order valence-electron chi connectivity index (χ0n) is 11.3. The Morgan fingerprint density at radius 1 is 1.19 bits per heavy atom. The molecule has 1 aliphatic rings. The summed E-state index contributed by atoms with van der Waals surface area (Å²) in [5.41, 5.74) is 3.36. The molecule has 0 aromatic rings. The molecule has 1 atom stereocenters. The van der Waals surface area contributed by atoms with Crippen LogP contribution in [0, 0.1) is 0 Å². The van der Waals surface area contributed by atoms with Gasteiger partial charge in [0.15, 0.2) is 0 Å². The lowest BCUT2D eigenvalue weighted by atomic mass is 9.79. The molecule has 1 rings (SSSR count). The first-order valence-corrected chi connectivity index (χ1v) is 6.81. The van der Waals surface area contributed by atoms with Gasteiger partial charge in [0.2, 0.25) is 0 Å². The van der Waals surface area contributed by atoms with Gasteiger partial charge in [-0.1, -0.05) is 39.0 Å². The van der Waals surface area contributed by atoms with Crippen LogP contribution in [0.5, 0.6) is 0 Å². The summed E-state index contributed by atoms with van der Waals surface area (Å²) in [4.78, 5) is 2.42. The summed E-state index contributed by atoms with van der Waals surface area (Å²) in [5, 5.41) is 0. The fourth-order valence-electron chi connectivity index (χ4n) is 3.24. The van der Waals surface area contributed by atoms with Crippen LogP contribution < -0.4 is 11.3 Å². The van der Waals surface area contributed by atoms with Crippen molar-refractivity contribution in [2.45, 2.75) is 69.9 Å². The van der Waals surface area contributed by atoms with Gasteiger partial charge in [-0.2, -0.15) is 0 Å². The number of hydrazine groups is 1. The average Bonchev–Trinajstić information content (AvgIpc) is 2.52. The lowest BCUT2D eigenvalue weighted by molar-refractivity contribution is 0.0759. The summed E-state index contributed by atoms with van der Waals surface area (Å²) < 4.78 is 0. The lowest BCUT2D eigenvalue weighted by Crippen LogP contribution is -2.60. The monoisotopic (exact) mass is 227 g/mol. The highest BCUT2D eigenvalue weighted by molar-refractivity contribution is 4.98. The Morgan fingerprint density at radius 3 is 2.12 bits per heavy atom. The standard InChI is InChI=1S/C13H29N3/c1-4-9-12(15-14)13(16(2)3)10-7-5-6-8-11-13/h12,15H,4-11,14H2,1-3H3. The molecule has 3 nitrogen and oxygen atoms in total. The maximum Gasteiger partial charge on any atom is 0.0394 e. The van der Waals surface area contributed by atoms with Gasteiger partial charge in [0.1, 0.15) is 0 Å². The summed E-state index contributed by atoms with van der Waals surface area (Å²) in [7, 11) is 4.43. The van der Waals surface area contributed by atoms with Crippen molar-refractivity contribution in [2.75, 3.05) is 14.1 Å². The van der Waals surface area contributed by atoms with E-state index in [1.807, 2.05) is 0 Å². The van der Waals surface area contributed by atoms with E-state index < -0.39 is 0 Å². The summed E-state index contributed by atoms with van der Waals surface area (Å²) in [6, 6.07) is 0.436. The van der Waals surface area contributed by atoms with Gasteiger partial charge < -0.3 is 4.90 Å². The minimum Gasteiger partial charge on any atom is -0.302 e. The summed E-state index contributed by atoms with van der Waals surface area (Å²) in [6.07, 6.45) is 10.4. The average molecular weight is 227 g/mol. The predicted octanol–water partition coefficient (Wildman–Crippen LogP) is 2.27. The van der Waals surface area contributed by atoms with Gasteiger partial charge in [0, 0.05) is 11.6 Å². The maximum atomic E-state index is 5.79. The summed E-state index contributed by atoms with van der Waals surface area (Å²) in [5.74, 6) is 5.79. The third-order valence-corrected chi connectivity index (χ3v) is 4.29. The third-order valence-electron chi connectivity index (χ3n) is 4.29. The fraction of sp³-hybridized carbons (Fsp3) is 1.00. The molecule has 1 fully saturated rings. The first-order chi connectivity index (χ1) is 7.67. The van der Waals surface area contributed by atoms with E-state index in [1.54, 1.807) is 0 Å². The number of rotatable bonds is 5. The maximum absolute atomic E-state index is 5.79. The quantitative estimate of drug-likeness (QED) is 0.430. The highest BCUT2D eigenvalue weighted by Gasteiger charge is 2.39. The zero-order chi connectivity index (χ0) is 12.0.